The molecule has 3 N–H and O–H groups in total. The van der Waals surface area contributed by atoms with Crippen molar-refractivity contribution in [2.45, 2.75) is 82.8 Å². The van der Waals surface area contributed by atoms with Crippen molar-refractivity contribution in [3.8, 4) is 0 Å². The molecular formula is C19H38O7Si. The lowest BCUT2D eigenvalue weighted by molar-refractivity contribution is -0.183. The standard InChI is InChI=1S/C19H38O7Si/c1-19(2,3)27(5,6)26-16-11-15(23)14(7-9-20)17(16)18(24-4)25-10-8-13(22)12-21/h9,13-18,21-23H,7-8,10-12H2,1-6H3/t13?,14-,15-,16+,17+,18-/m1/s1. The Labute approximate surface area is 164 Å². The number of aliphatic hydroxyl groups excluding tert-OH is 3. The zero-order valence-corrected chi connectivity index (χ0v) is 18.6. The third-order valence-electron chi connectivity index (χ3n) is 6.00. The highest BCUT2D eigenvalue weighted by molar-refractivity contribution is 6.74. The van der Waals surface area contributed by atoms with Gasteiger partial charge in [-0.2, -0.15) is 0 Å². The summed E-state index contributed by atoms with van der Waals surface area (Å²) in [5.41, 5.74) is 0. The summed E-state index contributed by atoms with van der Waals surface area (Å²) in [5, 5.41) is 29.0. The molecule has 0 aliphatic heterocycles. The second-order valence-electron chi connectivity index (χ2n) is 8.96. The quantitative estimate of drug-likeness (QED) is 0.272. The molecule has 0 aromatic carbocycles. The van der Waals surface area contributed by atoms with Crippen LogP contribution in [0.5, 0.6) is 0 Å². The summed E-state index contributed by atoms with van der Waals surface area (Å²) in [7, 11) is -0.564. The number of aldehydes is 1. The van der Waals surface area contributed by atoms with E-state index in [-0.39, 0.29) is 49.0 Å². The number of rotatable bonds is 11. The largest absolute Gasteiger partial charge is 0.413 e. The SMILES string of the molecule is CO[C@H](OCCC(O)CO)[C@H]1[C@H](CC=O)[C@H](O)C[C@@H]1O[Si](C)(C)C(C)(C)C. The van der Waals surface area contributed by atoms with Crippen LogP contribution < -0.4 is 0 Å². The Morgan fingerprint density at radius 1 is 1.30 bits per heavy atom. The van der Waals surface area contributed by atoms with Crippen LogP contribution in [0.1, 0.15) is 40.0 Å². The van der Waals surface area contributed by atoms with E-state index < -0.39 is 26.8 Å². The van der Waals surface area contributed by atoms with Gasteiger partial charge in [0, 0.05) is 25.4 Å². The zero-order valence-electron chi connectivity index (χ0n) is 17.6. The van der Waals surface area contributed by atoms with Gasteiger partial charge in [-0.05, 0) is 31.0 Å². The van der Waals surface area contributed by atoms with Crippen molar-refractivity contribution >= 4 is 14.6 Å². The van der Waals surface area contributed by atoms with Gasteiger partial charge in [-0.25, -0.2) is 0 Å². The molecule has 1 aliphatic rings. The van der Waals surface area contributed by atoms with Crippen molar-refractivity contribution in [2.24, 2.45) is 11.8 Å². The minimum atomic E-state index is -2.09. The highest BCUT2D eigenvalue weighted by atomic mass is 28.4. The Morgan fingerprint density at radius 2 is 1.93 bits per heavy atom. The average molecular weight is 407 g/mol. The third-order valence-corrected chi connectivity index (χ3v) is 10.5. The predicted octanol–water partition coefficient (Wildman–Crippen LogP) is 1.70. The molecular weight excluding hydrogens is 368 g/mol. The van der Waals surface area contributed by atoms with E-state index >= 15 is 0 Å². The van der Waals surface area contributed by atoms with E-state index in [1.54, 1.807) is 0 Å². The lowest BCUT2D eigenvalue weighted by atomic mass is 9.90. The highest BCUT2D eigenvalue weighted by Crippen LogP contribution is 2.45. The molecule has 0 amide bonds. The predicted molar refractivity (Wildman–Crippen MR) is 105 cm³/mol. The van der Waals surface area contributed by atoms with Gasteiger partial charge in [0.15, 0.2) is 14.6 Å². The Hall–Kier alpha value is -0.353. The Kier molecular flexibility index (Phi) is 9.54. The number of carbonyl (C=O) groups excluding carboxylic acids is 1. The van der Waals surface area contributed by atoms with E-state index in [1.165, 1.54) is 7.11 Å². The molecule has 1 saturated carbocycles. The zero-order chi connectivity index (χ0) is 20.8. The summed E-state index contributed by atoms with van der Waals surface area (Å²) in [4.78, 5) is 11.2. The van der Waals surface area contributed by atoms with Gasteiger partial charge < -0.3 is 34.0 Å². The minimum absolute atomic E-state index is 0.0138. The van der Waals surface area contributed by atoms with Gasteiger partial charge in [0.25, 0.3) is 0 Å². The molecule has 1 aliphatic carbocycles. The maximum Gasteiger partial charge on any atom is 0.192 e. The van der Waals surface area contributed by atoms with Crippen LogP contribution in [0, 0.1) is 11.8 Å². The smallest absolute Gasteiger partial charge is 0.192 e. The molecule has 7 nitrogen and oxygen atoms in total. The van der Waals surface area contributed by atoms with Gasteiger partial charge in [-0.3, -0.25) is 0 Å². The van der Waals surface area contributed by atoms with Crippen LogP contribution in [0.2, 0.25) is 18.1 Å². The van der Waals surface area contributed by atoms with E-state index in [0.717, 1.165) is 6.29 Å². The van der Waals surface area contributed by atoms with Crippen molar-refractivity contribution in [2.75, 3.05) is 20.3 Å². The fourth-order valence-corrected chi connectivity index (χ4v) is 4.70. The van der Waals surface area contributed by atoms with Gasteiger partial charge in [0.1, 0.15) is 6.29 Å². The first-order chi connectivity index (χ1) is 12.5. The first-order valence-corrected chi connectivity index (χ1v) is 12.6. The maximum atomic E-state index is 11.2. The van der Waals surface area contributed by atoms with E-state index in [1.807, 2.05) is 0 Å². The van der Waals surface area contributed by atoms with Gasteiger partial charge >= 0.3 is 0 Å². The first-order valence-electron chi connectivity index (χ1n) is 9.71. The van der Waals surface area contributed by atoms with Gasteiger partial charge in [0.05, 0.1) is 31.5 Å². The van der Waals surface area contributed by atoms with E-state index in [0.29, 0.717) is 6.42 Å². The Balaban J connectivity index is 2.98. The number of hydrogen-bond acceptors (Lipinski definition) is 7. The fourth-order valence-electron chi connectivity index (χ4n) is 3.33. The topological polar surface area (TPSA) is 105 Å². The normalized spacial score (nSPS) is 28.9. The van der Waals surface area contributed by atoms with Crippen molar-refractivity contribution in [1.82, 2.24) is 0 Å². The number of ether oxygens (including phenoxy) is 2. The van der Waals surface area contributed by atoms with Crippen molar-refractivity contribution in [3.63, 3.8) is 0 Å². The number of aliphatic hydroxyl groups is 3. The highest BCUT2D eigenvalue weighted by Gasteiger charge is 2.51. The lowest BCUT2D eigenvalue weighted by Gasteiger charge is -2.41. The van der Waals surface area contributed by atoms with Crippen molar-refractivity contribution in [1.29, 1.82) is 0 Å². The Morgan fingerprint density at radius 3 is 2.41 bits per heavy atom. The molecule has 6 atom stereocenters. The van der Waals surface area contributed by atoms with E-state index in [4.69, 9.17) is 19.0 Å². The molecule has 1 fully saturated rings. The summed E-state index contributed by atoms with van der Waals surface area (Å²) in [6, 6.07) is 0. The number of carbonyl (C=O) groups is 1. The fraction of sp³-hybridized carbons (Fsp3) is 0.947. The van der Waals surface area contributed by atoms with Crippen LogP contribution in [0.15, 0.2) is 0 Å². The molecule has 1 rings (SSSR count). The average Bonchev–Trinajstić information content (AvgIpc) is 2.85. The van der Waals surface area contributed by atoms with Crippen LogP contribution in [0.3, 0.4) is 0 Å². The molecule has 0 radical (unpaired) electrons. The third kappa shape index (κ3) is 6.59. The van der Waals surface area contributed by atoms with Crippen LogP contribution >= 0.6 is 0 Å². The summed E-state index contributed by atoms with van der Waals surface area (Å²) in [6.45, 7) is 10.7. The summed E-state index contributed by atoms with van der Waals surface area (Å²) in [6.07, 6.45) is -0.674. The molecule has 0 aromatic rings. The van der Waals surface area contributed by atoms with Gasteiger partial charge in [0.2, 0.25) is 0 Å². The second kappa shape index (κ2) is 10.4. The van der Waals surface area contributed by atoms with Gasteiger partial charge in [-0.1, -0.05) is 20.8 Å². The molecule has 1 unspecified atom stereocenters. The molecule has 0 bridgehead atoms. The van der Waals surface area contributed by atoms with E-state index in [9.17, 15) is 15.0 Å². The second-order valence-corrected chi connectivity index (χ2v) is 13.7. The van der Waals surface area contributed by atoms with Crippen LogP contribution in [-0.4, -0.2) is 74.8 Å². The van der Waals surface area contributed by atoms with Crippen molar-refractivity contribution < 1.29 is 34.0 Å². The molecule has 160 valence electrons. The van der Waals surface area contributed by atoms with Crippen LogP contribution in [0.4, 0.5) is 0 Å². The van der Waals surface area contributed by atoms with Gasteiger partial charge in [-0.15, -0.1) is 0 Å². The summed E-state index contributed by atoms with van der Waals surface area (Å²) in [5.74, 6) is -0.583. The maximum absolute atomic E-state index is 11.2. The number of hydrogen-bond donors (Lipinski definition) is 3. The molecule has 0 spiro atoms. The first kappa shape index (κ1) is 24.7. The minimum Gasteiger partial charge on any atom is -0.413 e. The van der Waals surface area contributed by atoms with Crippen LogP contribution in [-0.2, 0) is 18.7 Å². The summed E-state index contributed by atoms with van der Waals surface area (Å²) >= 11 is 0. The summed E-state index contributed by atoms with van der Waals surface area (Å²) < 4.78 is 17.9. The Bertz CT molecular complexity index is 452. The monoisotopic (exact) mass is 406 g/mol. The molecule has 8 heteroatoms. The lowest BCUT2D eigenvalue weighted by Crippen LogP contribution is -2.47. The molecule has 27 heavy (non-hydrogen) atoms. The molecule has 0 aromatic heterocycles. The van der Waals surface area contributed by atoms with Crippen LogP contribution in [0.25, 0.3) is 0 Å². The van der Waals surface area contributed by atoms with Crippen molar-refractivity contribution in [3.05, 3.63) is 0 Å². The number of methoxy groups -OCH3 is 1. The molecule has 0 saturated heterocycles. The molecule has 0 heterocycles. The van der Waals surface area contributed by atoms with E-state index in [2.05, 4.69) is 33.9 Å².